The number of phenols is 1. The van der Waals surface area contributed by atoms with Gasteiger partial charge in [-0.2, -0.15) is 0 Å². The Kier molecular flexibility index (Phi) is 3.75. The number of carbonyl (C=O) groups excluding carboxylic acids is 1. The summed E-state index contributed by atoms with van der Waals surface area (Å²) in [5.41, 5.74) is 1.53. The zero-order valence-electron chi connectivity index (χ0n) is 11.5. The van der Waals surface area contributed by atoms with Crippen LogP contribution in [-0.2, 0) is 0 Å². The van der Waals surface area contributed by atoms with E-state index >= 15 is 0 Å². The Morgan fingerprint density at radius 2 is 2.00 bits per heavy atom. The van der Waals surface area contributed by atoms with Gasteiger partial charge in [0.25, 0.3) is 5.91 Å². The molecule has 0 fully saturated rings. The lowest BCUT2D eigenvalue weighted by Gasteiger charge is -2.25. The molecular weight excluding hydrogens is 286 g/mol. The van der Waals surface area contributed by atoms with Crippen molar-refractivity contribution in [2.75, 3.05) is 6.61 Å². The van der Waals surface area contributed by atoms with Crippen LogP contribution in [-0.4, -0.2) is 17.6 Å². The van der Waals surface area contributed by atoms with Gasteiger partial charge in [0.05, 0.1) is 12.2 Å². The van der Waals surface area contributed by atoms with Crippen molar-refractivity contribution in [3.8, 4) is 11.5 Å². The second kappa shape index (κ2) is 5.69. The number of hydrogen-bond acceptors (Lipinski definition) is 4. The summed E-state index contributed by atoms with van der Waals surface area (Å²) in [6.45, 7) is 2.57. The van der Waals surface area contributed by atoms with Gasteiger partial charge in [-0.1, -0.05) is 23.9 Å². The summed E-state index contributed by atoms with van der Waals surface area (Å²) in [5.74, 6) is 0.751. The Balaban J connectivity index is 1.85. The third-order valence-corrected chi connectivity index (χ3v) is 4.44. The number of phenolic OH excluding ortho intramolecular Hbond substituents is 1. The van der Waals surface area contributed by atoms with Crippen molar-refractivity contribution >= 4 is 17.7 Å². The van der Waals surface area contributed by atoms with Crippen LogP contribution in [0.5, 0.6) is 11.5 Å². The second-order valence-electron chi connectivity index (χ2n) is 4.65. The van der Waals surface area contributed by atoms with Crippen molar-refractivity contribution in [1.29, 1.82) is 0 Å². The van der Waals surface area contributed by atoms with E-state index in [2.05, 4.69) is 5.32 Å². The molecule has 1 unspecified atom stereocenters. The van der Waals surface area contributed by atoms with E-state index < -0.39 is 0 Å². The quantitative estimate of drug-likeness (QED) is 0.913. The van der Waals surface area contributed by atoms with Crippen LogP contribution in [0, 0.1) is 0 Å². The number of thioether (sulfide) groups is 1. The molecule has 21 heavy (non-hydrogen) atoms. The van der Waals surface area contributed by atoms with Crippen LogP contribution < -0.4 is 10.1 Å². The molecule has 1 aliphatic rings. The number of amides is 1. The molecule has 0 aromatic heterocycles. The number of aromatic hydroxyl groups is 1. The van der Waals surface area contributed by atoms with Gasteiger partial charge in [0, 0.05) is 4.90 Å². The number of benzene rings is 2. The van der Waals surface area contributed by atoms with Crippen LogP contribution in [0.2, 0.25) is 0 Å². The van der Waals surface area contributed by atoms with E-state index in [-0.39, 0.29) is 17.0 Å². The molecule has 5 heteroatoms. The van der Waals surface area contributed by atoms with Gasteiger partial charge in [-0.15, -0.1) is 0 Å². The van der Waals surface area contributed by atoms with Gasteiger partial charge >= 0.3 is 0 Å². The third-order valence-electron chi connectivity index (χ3n) is 3.21. The maximum Gasteiger partial charge on any atom is 0.253 e. The molecule has 1 amide bonds. The highest BCUT2D eigenvalue weighted by Crippen LogP contribution is 2.40. The van der Waals surface area contributed by atoms with Gasteiger partial charge in [0.15, 0.2) is 0 Å². The van der Waals surface area contributed by atoms with Crippen molar-refractivity contribution in [3.05, 3.63) is 53.6 Å². The number of nitrogens with one attached hydrogen (secondary N) is 1. The maximum absolute atomic E-state index is 12.1. The summed E-state index contributed by atoms with van der Waals surface area (Å²) in [7, 11) is 0. The Hall–Kier alpha value is -2.14. The largest absolute Gasteiger partial charge is 0.508 e. The zero-order chi connectivity index (χ0) is 14.8. The predicted molar refractivity (Wildman–Crippen MR) is 81.8 cm³/mol. The van der Waals surface area contributed by atoms with Crippen molar-refractivity contribution in [1.82, 2.24) is 5.32 Å². The normalized spacial score (nSPS) is 17.0. The van der Waals surface area contributed by atoms with Gasteiger partial charge in [-0.05, 0) is 42.8 Å². The topological polar surface area (TPSA) is 58.6 Å². The number of carbonyl (C=O) groups is 1. The summed E-state index contributed by atoms with van der Waals surface area (Å²) in [4.78, 5) is 13.0. The first kappa shape index (κ1) is 13.8. The fraction of sp³-hybridized carbons (Fsp3) is 0.188. The van der Waals surface area contributed by atoms with E-state index in [1.165, 1.54) is 6.07 Å². The first-order valence-corrected chi connectivity index (χ1v) is 7.58. The number of hydrogen-bond donors (Lipinski definition) is 2. The first-order valence-electron chi connectivity index (χ1n) is 6.70. The minimum Gasteiger partial charge on any atom is -0.508 e. The van der Waals surface area contributed by atoms with E-state index in [0.717, 1.165) is 16.2 Å². The van der Waals surface area contributed by atoms with E-state index in [1.807, 2.05) is 31.2 Å². The van der Waals surface area contributed by atoms with Crippen molar-refractivity contribution in [2.45, 2.75) is 17.2 Å². The summed E-state index contributed by atoms with van der Waals surface area (Å²) in [5, 5.41) is 12.3. The fourth-order valence-electron chi connectivity index (χ4n) is 2.21. The third kappa shape index (κ3) is 2.83. The average molecular weight is 301 g/mol. The van der Waals surface area contributed by atoms with Gasteiger partial charge in [-0.25, -0.2) is 0 Å². The van der Waals surface area contributed by atoms with Crippen molar-refractivity contribution < 1.29 is 14.6 Å². The molecule has 3 rings (SSSR count). The highest BCUT2D eigenvalue weighted by Gasteiger charge is 2.26. The van der Waals surface area contributed by atoms with Crippen LogP contribution in [0.25, 0.3) is 0 Å². The molecule has 4 nitrogen and oxygen atoms in total. The molecule has 2 aromatic carbocycles. The predicted octanol–water partition coefficient (Wildman–Crippen LogP) is 3.33. The van der Waals surface area contributed by atoms with Crippen LogP contribution >= 0.6 is 11.8 Å². The monoisotopic (exact) mass is 301 g/mol. The minimum atomic E-state index is -0.168. The van der Waals surface area contributed by atoms with Crippen LogP contribution in [0.3, 0.4) is 0 Å². The van der Waals surface area contributed by atoms with Gasteiger partial charge in [0.2, 0.25) is 0 Å². The Bertz CT molecular complexity index is 670. The summed E-state index contributed by atoms with van der Waals surface area (Å²) in [6.07, 6.45) is 0. The molecule has 1 atom stereocenters. The maximum atomic E-state index is 12.1. The number of fused-ring (bicyclic) bond motifs is 1. The second-order valence-corrected chi connectivity index (χ2v) is 5.80. The summed E-state index contributed by atoms with van der Waals surface area (Å²) >= 11 is 1.56. The molecule has 108 valence electrons. The van der Waals surface area contributed by atoms with Crippen LogP contribution in [0.1, 0.15) is 28.2 Å². The number of rotatable bonds is 3. The molecular formula is C16H15NO3S. The minimum absolute atomic E-state index is 0.101. The van der Waals surface area contributed by atoms with Gasteiger partial charge in [-0.3, -0.25) is 4.79 Å². The lowest BCUT2D eigenvalue weighted by Crippen LogP contribution is -2.30. The van der Waals surface area contributed by atoms with E-state index in [9.17, 15) is 9.90 Å². The molecule has 2 aromatic rings. The highest BCUT2D eigenvalue weighted by molar-refractivity contribution is 7.99. The molecule has 0 saturated heterocycles. The molecule has 0 saturated carbocycles. The lowest BCUT2D eigenvalue weighted by molar-refractivity contribution is 0.0943. The summed E-state index contributed by atoms with van der Waals surface area (Å²) in [6, 6.07) is 12.6. The molecule has 0 spiro atoms. The SMILES string of the molecule is CCOc1ccc(C2NC(=O)c3cc(O)ccc3S2)cc1. The fourth-order valence-corrected chi connectivity index (χ4v) is 3.35. The average Bonchev–Trinajstić information content (AvgIpc) is 2.49. The van der Waals surface area contributed by atoms with E-state index in [4.69, 9.17) is 4.74 Å². The van der Waals surface area contributed by atoms with Gasteiger partial charge in [0.1, 0.15) is 16.9 Å². The van der Waals surface area contributed by atoms with E-state index in [0.29, 0.717) is 12.2 Å². The standard InChI is InChI=1S/C16H15NO3S/c1-2-20-12-6-3-10(4-7-12)16-17-15(19)13-9-11(18)5-8-14(13)21-16/h3-9,16,18H,2H2,1H3,(H,17,19). The molecule has 0 aliphatic carbocycles. The smallest absolute Gasteiger partial charge is 0.253 e. The molecule has 1 heterocycles. The molecule has 1 aliphatic heterocycles. The number of ether oxygens (including phenoxy) is 1. The van der Waals surface area contributed by atoms with Crippen molar-refractivity contribution in [3.63, 3.8) is 0 Å². The molecule has 0 radical (unpaired) electrons. The molecule has 2 N–H and O–H groups in total. The van der Waals surface area contributed by atoms with Crippen LogP contribution in [0.4, 0.5) is 0 Å². The highest BCUT2D eigenvalue weighted by atomic mass is 32.2. The molecule has 0 bridgehead atoms. The zero-order valence-corrected chi connectivity index (χ0v) is 12.3. The Labute approximate surface area is 127 Å². The Morgan fingerprint density at radius 1 is 1.24 bits per heavy atom. The lowest BCUT2D eigenvalue weighted by atomic mass is 10.1. The Morgan fingerprint density at radius 3 is 2.71 bits per heavy atom. The van der Waals surface area contributed by atoms with Crippen LogP contribution in [0.15, 0.2) is 47.4 Å². The van der Waals surface area contributed by atoms with Gasteiger partial charge < -0.3 is 15.2 Å². The summed E-state index contributed by atoms with van der Waals surface area (Å²) < 4.78 is 5.42. The van der Waals surface area contributed by atoms with E-state index in [1.54, 1.807) is 23.9 Å². The first-order chi connectivity index (χ1) is 10.2. The van der Waals surface area contributed by atoms with Crippen molar-refractivity contribution in [2.24, 2.45) is 0 Å².